The molecule has 0 aromatic carbocycles. The molecule has 18 atom stereocenters. The van der Waals surface area contributed by atoms with Crippen LogP contribution in [0.4, 0.5) is 0 Å². The number of aliphatic hydroxyl groups excluding tert-OH is 2. The van der Waals surface area contributed by atoms with Crippen LogP contribution in [0.1, 0.15) is 133 Å². The molecule has 2 spiro atoms. The molecule has 5 aliphatic rings. The van der Waals surface area contributed by atoms with Gasteiger partial charge in [0.15, 0.2) is 12.4 Å². The van der Waals surface area contributed by atoms with Crippen molar-refractivity contribution in [1.82, 2.24) is 0 Å². The van der Waals surface area contributed by atoms with E-state index in [-0.39, 0.29) is 66.4 Å². The molecule has 0 radical (unpaired) electrons. The minimum atomic E-state index is -1.37. The summed E-state index contributed by atoms with van der Waals surface area (Å²) in [4.78, 5) is 27.3. The number of hydrogen-bond donors (Lipinski definition) is 3. The molecule has 0 aromatic rings. The Kier molecular flexibility index (Phi) is 14.3. The SMILES string of the molecule is C#CCOC(=O)[C@H](CC)[C@H]1CC[C@H](C)[C@H]([C@@H](C)[C@H](O)[C@H](C)C(=O)[C@H](CC)[C@H]2O[C@]3(C=C[C@@H](O)[C@]4(CC[C@@](C)([C@H]5CC[C@](O)(CC)[C@H](C)O5)O4)O3)[C@H](C)C[C@@H]2C)O1. The first kappa shape index (κ1) is 45.2. The van der Waals surface area contributed by atoms with E-state index in [9.17, 15) is 24.9 Å². The minimum Gasteiger partial charge on any atom is -0.452 e. The van der Waals surface area contributed by atoms with E-state index in [0.29, 0.717) is 57.8 Å². The molecule has 0 aliphatic carbocycles. The molecule has 3 N–H and O–H groups in total. The molecule has 56 heavy (non-hydrogen) atoms. The number of hydrogen-bond acceptors (Lipinski definition) is 11. The Labute approximate surface area is 335 Å². The Balaban J connectivity index is 1.30. The smallest absolute Gasteiger partial charge is 0.312 e. The third kappa shape index (κ3) is 8.56. The van der Waals surface area contributed by atoms with Gasteiger partial charge in [-0.15, -0.1) is 6.42 Å². The molecule has 4 saturated heterocycles. The van der Waals surface area contributed by atoms with Crippen LogP contribution in [0.15, 0.2) is 12.2 Å². The van der Waals surface area contributed by atoms with Gasteiger partial charge in [0.1, 0.15) is 11.9 Å². The first-order chi connectivity index (χ1) is 26.3. The largest absolute Gasteiger partial charge is 0.452 e. The average molecular weight is 789 g/mol. The van der Waals surface area contributed by atoms with Crippen molar-refractivity contribution in [2.24, 2.45) is 41.4 Å². The molecule has 11 heteroatoms. The van der Waals surface area contributed by atoms with Gasteiger partial charge in [0, 0.05) is 30.1 Å². The number of ether oxygens (including phenoxy) is 6. The van der Waals surface area contributed by atoms with Crippen molar-refractivity contribution >= 4 is 11.8 Å². The molecule has 5 rings (SSSR count). The summed E-state index contributed by atoms with van der Waals surface area (Å²) in [6.45, 7) is 19.7. The van der Waals surface area contributed by atoms with Crippen LogP contribution in [0.25, 0.3) is 0 Å². The van der Waals surface area contributed by atoms with E-state index in [4.69, 9.17) is 34.8 Å². The number of ketones is 1. The zero-order valence-corrected chi connectivity index (χ0v) is 35.7. The standard InChI is InChI=1S/C45H72O11/c1-12-24-51-41(49)32(13-2)34-17-16-26(5)39(53-34)30(9)37(47)29(8)38(48)33(14-3)40-27(6)25-28(7)44(54-40)21-18-35(46)45(56-44)23-22-42(11,55-45)36-19-20-43(50,15-4)31(10)52-36/h1,18,21,26-37,39-40,46-47,50H,13-17,19-20,22-25H2,2-11H3/t26-,27-,28+,29-,30-,31-,32+,33-,34+,35+,36+,37+,39+,40-,42-,43+,44-,45-/m0/s1. The zero-order valence-electron chi connectivity index (χ0n) is 35.7. The molecule has 0 bridgehead atoms. The minimum absolute atomic E-state index is 0.0120. The van der Waals surface area contributed by atoms with Crippen LogP contribution in [-0.4, -0.2) is 99.2 Å². The highest BCUT2D eigenvalue weighted by molar-refractivity contribution is 5.84. The van der Waals surface area contributed by atoms with Crippen molar-refractivity contribution in [2.75, 3.05) is 6.61 Å². The van der Waals surface area contributed by atoms with Gasteiger partial charge < -0.3 is 43.7 Å². The predicted molar refractivity (Wildman–Crippen MR) is 211 cm³/mol. The fraction of sp³-hybridized carbons (Fsp3) is 0.867. The van der Waals surface area contributed by atoms with Crippen LogP contribution in [0, 0.1) is 53.8 Å². The second kappa shape index (κ2) is 17.8. The quantitative estimate of drug-likeness (QED) is 0.110. The highest BCUT2D eigenvalue weighted by Gasteiger charge is 2.63. The van der Waals surface area contributed by atoms with E-state index in [2.05, 4.69) is 26.7 Å². The van der Waals surface area contributed by atoms with E-state index in [1.807, 2.05) is 41.5 Å². The number of esters is 1. The second-order valence-corrected chi connectivity index (χ2v) is 18.4. The monoisotopic (exact) mass is 789 g/mol. The number of rotatable bonds is 13. The molecule has 4 fully saturated rings. The summed E-state index contributed by atoms with van der Waals surface area (Å²) >= 11 is 0. The Morgan fingerprint density at radius 3 is 2.27 bits per heavy atom. The summed E-state index contributed by atoms with van der Waals surface area (Å²) < 4.78 is 39.0. The maximum absolute atomic E-state index is 14.5. The lowest BCUT2D eigenvalue weighted by Gasteiger charge is -2.54. The van der Waals surface area contributed by atoms with Gasteiger partial charge in [0.2, 0.25) is 5.79 Å². The van der Waals surface area contributed by atoms with Crippen molar-refractivity contribution in [3.63, 3.8) is 0 Å². The normalized spacial score (nSPS) is 44.1. The summed E-state index contributed by atoms with van der Waals surface area (Å²) in [6.07, 6.45) is 11.0. The Hall–Kier alpha value is -1.88. The van der Waals surface area contributed by atoms with E-state index >= 15 is 0 Å². The fourth-order valence-electron chi connectivity index (χ4n) is 10.7. The summed E-state index contributed by atoms with van der Waals surface area (Å²) in [6, 6.07) is 0. The van der Waals surface area contributed by atoms with Crippen LogP contribution in [0.5, 0.6) is 0 Å². The van der Waals surface area contributed by atoms with Crippen molar-refractivity contribution in [3.05, 3.63) is 12.2 Å². The molecule has 318 valence electrons. The number of terminal acetylenes is 1. The molecular formula is C45H72O11. The summed E-state index contributed by atoms with van der Waals surface area (Å²) in [7, 11) is 0. The first-order valence-corrected chi connectivity index (χ1v) is 21.6. The fourth-order valence-corrected chi connectivity index (χ4v) is 10.7. The zero-order chi connectivity index (χ0) is 41.4. The van der Waals surface area contributed by atoms with Crippen LogP contribution in [0.3, 0.4) is 0 Å². The van der Waals surface area contributed by atoms with Gasteiger partial charge in [-0.3, -0.25) is 9.59 Å². The van der Waals surface area contributed by atoms with E-state index in [1.165, 1.54) is 0 Å². The van der Waals surface area contributed by atoms with Crippen molar-refractivity contribution in [3.8, 4) is 12.3 Å². The molecule has 0 aromatic heterocycles. The second-order valence-electron chi connectivity index (χ2n) is 18.4. The van der Waals surface area contributed by atoms with Crippen LogP contribution in [-0.2, 0) is 38.0 Å². The topological polar surface area (TPSA) is 150 Å². The molecule has 0 unspecified atom stereocenters. The maximum atomic E-state index is 14.5. The molecule has 0 amide bonds. The van der Waals surface area contributed by atoms with Crippen LogP contribution in [0.2, 0.25) is 0 Å². The lowest BCUT2D eigenvalue weighted by molar-refractivity contribution is -0.409. The van der Waals surface area contributed by atoms with Crippen LogP contribution >= 0.6 is 0 Å². The van der Waals surface area contributed by atoms with Gasteiger partial charge in [-0.2, -0.15) is 0 Å². The number of aliphatic hydroxyl groups is 3. The van der Waals surface area contributed by atoms with E-state index < -0.39 is 58.8 Å². The first-order valence-electron chi connectivity index (χ1n) is 21.6. The van der Waals surface area contributed by atoms with Gasteiger partial charge in [-0.25, -0.2) is 0 Å². The maximum Gasteiger partial charge on any atom is 0.312 e. The van der Waals surface area contributed by atoms with Crippen molar-refractivity contribution < 1.29 is 53.3 Å². The van der Waals surface area contributed by atoms with Crippen molar-refractivity contribution in [2.45, 2.75) is 199 Å². The third-order valence-corrected chi connectivity index (χ3v) is 14.7. The highest BCUT2D eigenvalue weighted by Crippen LogP contribution is 2.54. The number of carbonyl (C=O) groups excluding carboxylic acids is 2. The van der Waals surface area contributed by atoms with Gasteiger partial charge >= 0.3 is 5.97 Å². The summed E-state index contributed by atoms with van der Waals surface area (Å²) in [5.41, 5.74) is -1.63. The highest BCUT2D eigenvalue weighted by atomic mass is 16.8. The number of Topliss-reactive ketones (excluding diaryl/α,β-unsaturated/α-hetero) is 1. The lowest BCUT2D eigenvalue weighted by atomic mass is 9.72. The van der Waals surface area contributed by atoms with Gasteiger partial charge in [-0.1, -0.05) is 61.3 Å². The molecule has 11 nitrogen and oxygen atoms in total. The van der Waals surface area contributed by atoms with E-state index in [0.717, 1.165) is 6.42 Å². The molecule has 5 aliphatic heterocycles. The third-order valence-electron chi connectivity index (χ3n) is 14.7. The van der Waals surface area contributed by atoms with Crippen molar-refractivity contribution in [1.29, 1.82) is 0 Å². The average Bonchev–Trinajstić information content (AvgIpc) is 3.52. The Bertz CT molecular complexity index is 1440. The number of carbonyl (C=O) groups is 2. The molecule has 0 saturated carbocycles. The van der Waals surface area contributed by atoms with Gasteiger partial charge in [0.25, 0.3) is 0 Å². The Morgan fingerprint density at radius 1 is 0.946 bits per heavy atom. The molecular weight excluding hydrogens is 716 g/mol. The summed E-state index contributed by atoms with van der Waals surface area (Å²) in [5, 5.41) is 34.4. The van der Waals surface area contributed by atoms with E-state index in [1.54, 1.807) is 19.1 Å². The van der Waals surface area contributed by atoms with Crippen LogP contribution < -0.4 is 0 Å². The predicted octanol–water partition coefficient (Wildman–Crippen LogP) is 6.28. The van der Waals surface area contributed by atoms with Gasteiger partial charge in [0.05, 0.1) is 53.7 Å². The molecule has 5 heterocycles. The Morgan fingerprint density at radius 2 is 1.64 bits per heavy atom. The summed E-state index contributed by atoms with van der Waals surface area (Å²) in [5.74, 6) is -2.78. The van der Waals surface area contributed by atoms with Gasteiger partial charge in [-0.05, 0) is 95.6 Å². The lowest BCUT2D eigenvalue weighted by Crippen LogP contribution is -2.63.